The predicted octanol–water partition coefficient (Wildman–Crippen LogP) is 4.20. The molecule has 0 aromatic rings. The first-order valence-corrected chi connectivity index (χ1v) is 11.1. The van der Waals surface area contributed by atoms with E-state index in [1.807, 2.05) is 0 Å². The van der Waals surface area contributed by atoms with Crippen molar-refractivity contribution in [2.45, 2.75) is 64.2 Å². The van der Waals surface area contributed by atoms with Crippen LogP contribution in [0, 0.1) is 0 Å². The molecule has 0 aromatic carbocycles. The summed E-state index contributed by atoms with van der Waals surface area (Å²) < 4.78 is 0. The summed E-state index contributed by atoms with van der Waals surface area (Å²) in [6, 6.07) is 0. The van der Waals surface area contributed by atoms with Crippen LogP contribution in [0.3, 0.4) is 0 Å². The third-order valence-corrected chi connectivity index (χ3v) is 2.36. The van der Waals surface area contributed by atoms with Crippen LogP contribution in [0.4, 0.5) is 0 Å². The maximum atomic E-state index is 4.65. The monoisotopic (exact) mass is 402 g/mol. The molecule has 0 spiro atoms. The Morgan fingerprint density at radius 1 is 0.588 bits per heavy atom. The molecule has 0 rings (SSSR count). The van der Waals surface area contributed by atoms with E-state index in [0.717, 1.165) is 17.3 Å². The first-order chi connectivity index (χ1) is 8.24. The molecule has 17 heavy (non-hydrogen) atoms. The first-order valence-electron chi connectivity index (χ1n) is 6.49. The topological polar surface area (TPSA) is 0 Å². The predicted molar refractivity (Wildman–Crippen MR) is 93.0 cm³/mol. The molecule has 104 valence electrons. The molecule has 0 unspecified atom stereocenters. The van der Waals surface area contributed by atoms with Crippen molar-refractivity contribution in [3.63, 3.8) is 0 Å². The second-order valence-electron chi connectivity index (χ2n) is 3.17. The van der Waals surface area contributed by atoms with Crippen LogP contribution in [0.1, 0.15) is 59.3 Å². The van der Waals surface area contributed by atoms with Crippen LogP contribution in [0.15, 0.2) is 0 Å². The Labute approximate surface area is 141 Å². The summed E-state index contributed by atoms with van der Waals surface area (Å²) in [6.45, 7) is 6.44. The van der Waals surface area contributed by atoms with Crippen LogP contribution < -0.4 is 0 Å². The Kier molecular flexibility index (Phi) is 69.0. The molecule has 0 N–H and O–H groups in total. The second-order valence-corrected chi connectivity index (χ2v) is 4.40. The third-order valence-electron chi connectivity index (χ3n) is 1.49. The summed E-state index contributed by atoms with van der Waals surface area (Å²) in [5.41, 5.74) is 0. The number of hydrogen-bond donors (Lipinski definition) is 0. The molecule has 0 fully saturated rings. The summed E-state index contributed by atoms with van der Waals surface area (Å²) >= 11 is 15.5. The van der Waals surface area contributed by atoms with E-state index >= 15 is 0 Å². The Balaban J connectivity index is -0.0000000693. The Morgan fingerprint density at radius 3 is 0.765 bits per heavy atom. The van der Waals surface area contributed by atoms with Gasteiger partial charge in [-0.1, -0.05) is 59.3 Å². The van der Waals surface area contributed by atoms with Gasteiger partial charge in [0.15, 0.2) is 0 Å². The van der Waals surface area contributed by atoms with Crippen molar-refractivity contribution in [1.29, 1.82) is 0 Å². The molecule has 0 saturated carbocycles. The summed E-state index contributed by atoms with van der Waals surface area (Å²) in [7, 11) is 0. The van der Waals surface area contributed by atoms with Gasteiger partial charge in [0, 0.05) is 0 Å². The van der Waals surface area contributed by atoms with E-state index in [-0.39, 0.29) is 0 Å². The van der Waals surface area contributed by atoms with Gasteiger partial charge in [-0.25, -0.2) is 0 Å². The van der Waals surface area contributed by atoms with Crippen molar-refractivity contribution in [2.75, 3.05) is 17.3 Å². The fourth-order valence-corrected chi connectivity index (χ4v) is 1.30. The van der Waals surface area contributed by atoms with Gasteiger partial charge in [0.25, 0.3) is 0 Å². The van der Waals surface area contributed by atoms with E-state index in [9.17, 15) is 0 Å². The van der Waals surface area contributed by atoms with Gasteiger partial charge in [0.1, 0.15) is 0 Å². The normalized spacial score (nSPS) is 7.82. The second kappa shape index (κ2) is 43.1. The molecule has 0 nitrogen and oxygen atoms in total. The Bertz CT molecular complexity index is 53.4. The first kappa shape index (κ1) is 27.2. The molecule has 0 aromatic heterocycles. The van der Waals surface area contributed by atoms with Gasteiger partial charge in [0.05, 0.1) is 0 Å². The van der Waals surface area contributed by atoms with Gasteiger partial charge in [-0.05, 0) is 0 Å². The van der Waals surface area contributed by atoms with Crippen LogP contribution in [-0.2, 0) is 37.9 Å². The number of hydrogen-bond acceptors (Lipinski definition) is 3. The zero-order valence-electron chi connectivity index (χ0n) is 12.1. The van der Waals surface area contributed by atoms with E-state index in [1.54, 1.807) is 22.5 Å². The van der Waals surface area contributed by atoms with Crippen LogP contribution in [0.25, 0.3) is 0 Å². The molecule has 4 heteroatoms. The molecule has 0 bridgehead atoms. The van der Waals surface area contributed by atoms with E-state index in [1.165, 1.54) is 38.5 Å². The Hall–Kier alpha value is 1.85. The average molecular weight is 401 g/mol. The van der Waals surface area contributed by atoms with Gasteiger partial charge >= 0.3 is 27.5 Å². The molecular formula is C13H30S3Sn. The summed E-state index contributed by atoms with van der Waals surface area (Å²) in [6.07, 6.45) is 7.33. The van der Waals surface area contributed by atoms with Crippen LogP contribution in [0.5, 0.6) is 0 Å². The number of unbranched alkanes of at least 4 members (excludes halogenated alkanes) is 3. The van der Waals surface area contributed by atoms with E-state index in [4.69, 9.17) is 0 Å². The Morgan fingerprint density at radius 2 is 0.765 bits per heavy atom. The quantitative estimate of drug-likeness (QED) is 0.484. The molecule has 0 saturated heterocycles. The van der Waals surface area contributed by atoms with Crippen molar-refractivity contribution in [3.8, 4) is 0 Å². The molecule has 0 amide bonds. The van der Waals surface area contributed by atoms with Gasteiger partial charge < -0.3 is 37.9 Å². The minimum absolute atomic E-state index is 0.927. The molecule has 0 aliphatic carbocycles. The van der Waals surface area contributed by atoms with Crippen LogP contribution in [0.2, 0.25) is 4.94 Å². The zero-order chi connectivity index (χ0) is 14.4. The van der Waals surface area contributed by atoms with E-state index in [0.29, 0.717) is 0 Å². The fourth-order valence-electron chi connectivity index (χ4n) is 0.433. The molecular weight excluding hydrogens is 371 g/mol. The third kappa shape index (κ3) is 72.8. The minimum atomic E-state index is 0.927. The molecule has 0 heterocycles. The fraction of sp³-hybridized carbons (Fsp3) is 1.00. The maximum absolute atomic E-state index is 4.65. The zero-order valence-corrected chi connectivity index (χ0v) is 17.4. The SMILES string of the molecule is CCCC[S-].CCCC[S-].CCCC[S-].[CH3][Sn+3]. The van der Waals surface area contributed by atoms with E-state index < -0.39 is 0 Å². The average Bonchev–Trinajstić information content (AvgIpc) is 2.36. The van der Waals surface area contributed by atoms with Crippen LogP contribution in [-0.4, -0.2) is 39.8 Å². The standard InChI is InChI=1S/3C4H10S.CH3.Sn/c3*1-2-3-4-5;;/h3*5H,2-4H2,1H3;1H3;/q;;;;+3/p-3. The molecule has 0 aliphatic heterocycles. The van der Waals surface area contributed by atoms with E-state index in [2.05, 4.69) is 63.6 Å². The van der Waals surface area contributed by atoms with Gasteiger partial charge in [-0.3, -0.25) is 0 Å². The number of rotatable bonds is 6. The van der Waals surface area contributed by atoms with Crippen molar-refractivity contribution in [1.82, 2.24) is 0 Å². The summed E-state index contributed by atoms with van der Waals surface area (Å²) in [4.78, 5) is 2.09. The summed E-state index contributed by atoms with van der Waals surface area (Å²) in [5, 5.41) is 0. The summed E-state index contributed by atoms with van der Waals surface area (Å²) in [5.74, 6) is 2.78. The van der Waals surface area contributed by atoms with Crippen molar-refractivity contribution < 1.29 is 0 Å². The van der Waals surface area contributed by atoms with Crippen molar-refractivity contribution in [3.05, 3.63) is 0 Å². The van der Waals surface area contributed by atoms with Gasteiger partial charge in [-0.15, -0.1) is 0 Å². The van der Waals surface area contributed by atoms with Crippen molar-refractivity contribution in [2.24, 2.45) is 0 Å². The molecule has 0 radical (unpaired) electrons. The van der Waals surface area contributed by atoms with Gasteiger partial charge in [-0.2, -0.15) is 17.3 Å². The molecule has 0 aliphatic rings. The molecule has 0 atom stereocenters. The van der Waals surface area contributed by atoms with Crippen LogP contribution >= 0.6 is 0 Å². The van der Waals surface area contributed by atoms with Crippen molar-refractivity contribution >= 4 is 60.4 Å². The van der Waals surface area contributed by atoms with Gasteiger partial charge in [0.2, 0.25) is 0 Å².